The standard InChI is InChI=1S/C5H4NS/c1-2-6-3-5-7-4-1/h1,3-5H. The van der Waals surface area contributed by atoms with Crippen molar-refractivity contribution in [3.8, 4) is 0 Å². The van der Waals surface area contributed by atoms with Gasteiger partial charge in [0.05, 0.1) is 6.21 Å². The van der Waals surface area contributed by atoms with E-state index in [1.54, 1.807) is 24.0 Å². The first-order valence-electron chi connectivity index (χ1n) is 1.91. The number of thioether (sulfide) groups is 1. The van der Waals surface area contributed by atoms with E-state index in [4.69, 9.17) is 0 Å². The summed E-state index contributed by atoms with van der Waals surface area (Å²) in [5, 5.41) is 3.82. The van der Waals surface area contributed by atoms with Crippen LogP contribution in [-0.4, -0.2) is 6.21 Å². The summed E-state index contributed by atoms with van der Waals surface area (Å²) >= 11 is 1.60. The van der Waals surface area contributed by atoms with Gasteiger partial charge in [-0.05, 0) is 16.9 Å². The van der Waals surface area contributed by atoms with Crippen LogP contribution >= 0.6 is 11.8 Å². The van der Waals surface area contributed by atoms with Crippen molar-refractivity contribution >= 4 is 18.0 Å². The molecule has 1 heterocycles. The smallest absolute Gasteiger partial charge is 0.0891 e. The normalized spacial score (nSPS) is 17.1. The zero-order chi connectivity index (χ0) is 4.95. The van der Waals surface area contributed by atoms with E-state index in [0.29, 0.717) is 0 Å². The van der Waals surface area contributed by atoms with E-state index >= 15 is 0 Å². The van der Waals surface area contributed by atoms with Crippen LogP contribution in [0.3, 0.4) is 0 Å². The Hall–Kier alpha value is -0.500. The van der Waals surface area contributed by atoms with Gasteiger partial charge in [0, 0.05) is 6.20 Å². The summed E-state index contributed by atoms with van der Waals surface area (Å²) in [4.78, 5) is 3.73. The second kappa shape index (κ2) is 2.64. The molecule has 1 nitrogen and oxygen atoms in total. The predicted molar refractivity (Wildman–Crippen MR) is 33.3 cm³/mol. The molecule has 0 N–H and O–H groups in total. The highest BCUT2D eigenvalue weighted by atomic mass is 32.2. The molecule has 0 atom stereocenters. The molecule has 35 valence electrons. The molecular formula is C5H4NS. The van der Waals surface area contributed by atoms with Gasteiger partial charge in [-0.3, -0.25) is 4.99 Å². The Labute approximate surface area is 46.8 Å². The Bertz CT molecular complexity index is 110. The van der Waals surface area contributed by atoms with Crippen LogP contribution in [0.2, 0.25) is 0 Å². The van der Waals surface area contributed by atoms with Crippen molar-refractivity contribution < 1.29 is 0 Å². The van der Waals surface area contributed by atoms with Crippen molar-refractivity contribution in [1.29, 1.82) is 0 Å². The van der Waals surface area contributed by atoms with Crippen LogP contribution < -0.4 is 0 Å². The fraction of sp³-hybridized carbons (Fsp3) is 0. The van der Waals surface area contributed by atoms with E-state index in [0.717, 1.165) is 0 Å². The Kier molecular flexibility index (Phi) is 1.75. The third-order valence-electron chi connectivity index (χ3n) is 0.510. The minimum Gasteiger partial charge on any atom is -0.254 e. The fourth-order valence-electron chi connectivity index (χ4n) is 0.267. The summed E-state index contributed by atoms with van der Waals surface area (Å²) in [6.07, 6.45) is 6.18. The largest absolute Gasteiger partial charge is 0.254 e. The lowest BCUT2D eigenvalue weighted by Gasteiger charge is -1.68. The molecular weight excluding hydrogens is 106 g/mol. The van der Waals surface area contributed by atoms with Gasteiger partial charge >= 0.3 is 0 Å². The fourth-order valence-corrected chi connectivity index (χ4v) is 0.628. The third kappa shape index (κ3) is 1.59. The van der Waals surface area contributed by atoms with Gasteiger partial charge < -0.3 is 0 Å². The van der Waals surface area contributed by atoms with E-state index < -0.39 is 0 Å². The van der Waals surface area contributed by atoms with Gasteiger partial charge in [0.25, 0.3) is 0 Å². The highest BCUT2D eigenvalue weighted by molar-refractivity contribution is 8.04. The summed E-state index contributed by atoms with van der Waals surface area (Å²) in [6, 6.07) is 0. The summed E-state index contributed by atoms with van der Waals surface area (Å²) in [6.45, 7) is 0. The van der Waals surface area contributed by atoms with Crippen molar-refractivity contribution in [2.75, 3.05) is 0 Å². The first-order chi connectivity index (χ1) is 3.50. The van der Waals surface area contributed by atoms with Crippen LogP contribution in [0.5, 0.6) is 0 Å². The number of hydrogen-bond donors (Lipinski definition) is 0. The van der Waals surface area contributed by atoms with Gasteiger partial charge in [-0.1, -0.05) is 0 Å². The molecule has 1 aliphatic heterocycles. The maximum Gasteiger partial charge on any atom is 0.0891 e. The maximum atomic E-state index is 3.73. The zero-order valence-corrected chi connectivity index (χ0v) is 4.48. The van der Waals surface area contributed by atoms with Crippen molar-refractivity contribution in [3.63, 3.8) is 0 Å². The number of nitrogens with zero attached hydrogens (tertiary/aromatic N) is 1. The minimum atomic E-state index is 1.60. The van der Waals surface area contributed by atoms with Crippen molar-refractivity contribution in [3.05, 3.63) is 23.1 Å². The van der Waals surface area contributed by atoms with Gasteiger partial charge in [-0.2, -0.15) is 0 Å². The summed E-state index contributed by atoms with van der Waals surface area (Å²) in [5.41, 5.74) is 0. The Morgan fingerprint density at radius 2 is 2.43 bits per heavy atom. The summed E-state index contributed by atoms with van der Waals surface area (Å²) in [5.74, 6) is 0. The lowest BCUT2D eigenvalue weighted by Crippen LogP contribution is -1.52. The molecule has 2 heteroatoms. The van der Waals surface area contributed by atoms with Gasteiger partial charge in [-0.25, -0.2) is 0 Å². The second-order valence-electron chi connectivity index (χ2n) is 0.982. The third-order valence-corrected chi connectivity index (χ3v) is 1.08. The summed E-state index contributed by atoms with van der Waals surface area (Å²) < 4.78 is 0. The molecule has 0 amide bonds. The molecule has 0 fully saturated rings. The Morgan fingerprint density at radius 3 is 3.43 bits per heavy atom. The predicted octanol–water partition coefficient (Wildman–Crippen LogP) is 1.67. The van der Waals surface area contributed by atoms with Crippen molar-refractivity contribution in [2.45, 2.75) is 0 Å². The molecule has 0 aliphatic carbocycles. The quantitative estimate of drug-likeness (QED) is 0.462. The van der Waals surface area contributed by atoms with Gasteiger partial charge in [0.2, 0.25) is 0 Å². The molecule has 0 aromatic heterocycles. The average Bonchev–Trinajstić information content (AvgIpc) is 1.90. The van der Waals surface area contributed by atoms with Gasteiger partial charge in [0.1, 0.15) is 0 Å². The Balaban J connectivity index is 2.60. The first kappa shape index (κ1) is 4.65. The lowest BCUT2D eigenvalue weighted by molar-refractivity contribution is 1.63. The molecule has 7 heavy (non-hydrogen) atoms. The molecule has 1 rings (SSSR count). The number of hydrogen-bond acceptors (Lipinski definition) is 2. The van der Waals surface area contributed by atoms with E-state index in [1.807, 2.05) is 10.8 Å². The number of aliphatic imine (C=N–C) groups is 1. The van der Waals surface area contributed by atoms with Crippen LogP contribution in [0, 0.1) is 0 Å². The highest BCUT2D eigenvalue weighted by Crippen LogP contribution is 2.04. The topological polar surface area (TPSA) is 12.4 Å². The molecule has 1 radical (unpaired) electrons. The van der Waals surface area contributed by atoms with Crippen LogP contribution in [-0.2, 0) is 0 Å². The molecule has 1 aliphatic rings. The molecule has 0 bridgehead atoms. The SMILES string of the molecule is [C]1=NC=CSC=C1. The van der Waals surface area contributed by atoms with Crippen molar-refractivity contribution in [2.24, 2.45) is 4.99 Å². The molecule has 0 saturated carbocycles. The number of allylic oxidation sites excluding steroid dienone is 1. The van der Waals surface area contributed by atoms with E-state index in [1.165, 1.54) is 0 Å². The van der Waals surface area contributed by atoms with Crippen LogP contribution in [0.1, 0.15) is 0 Å². The first-order valence-corrected chi connectivity index (χ1v) is 2.85. The van der Waals surface area contributed by atoms with E-state index in [2.05, 4.69) is 11.2 Å². The van der Waals surface area contributed by atoms with Gasteiger partial charge in [0.15, 0.2) is 0 Å². The molecule has 0 saturated heterocycles. The Morgan fingerprint density at radius 1 is 1.43 bits per heavy atom. The van der Waals surface area contributed by atoms with Gasteiger partial charge in [-0.15, -0.1) is 11.8 Å². The monoisotopic (exact) mass is 110 g/mol. The maximum absolute atomic E-state index is 3.73. The van der Waals surface area contributed by atoms with Crippen LogP contribution in [0.4, 0.5) is 0 Å². The number of rotatable bonds is 0. The average molecular weight is 110 g/mol. The zero-order valence-electron chi connectivity index (χ0n) is 3.66. The second-order valence-corrected chi connectivity index (χ2v) is 1.80. The molecule has 0 unspecified atom stereocenters. The van der Waals surface area contributed by atoms with Crippen LogP contribution in [0.25, 0.3) is 0 Å². The van der Waals surface area contributed by atoms with E-state index in [-0.39, 0.29) is 0 Å². The van der Waals surface area contributed by atoms with E-state index in [9.17, 15) is 0 Å². The lowest BCUT2D eigenvalue weighted by atomic mass is 10.7. The van der Waals surface area contributed by atoms with Crippen LogP contribution in [0.15, 0.2) is 28.1 Å². The van der Waals surface area contributed by atoms with Crippen molar-refractivity contribution in [1.82, 2.24) is 0 Å². The molecule has 0 aromatic rings. The summed E-state index contributed by atoms with van der Waals surface area (Å²) in [7, 11) is 0. The highest BCUT2D eigenvalue weighted by Gasteiger charge is 1.72. The minimum absolute atomic E-state index is 1.60. The molecule has 0 aromatic carbocycles. The molecule has 0 spiro atoms.